The summed E-state index contributed by atoms with van der Waals surface area (Å²) in [6, 6.07) is 9.66. The zero-order valence-electron chi connectivity index (χ0n) is 17.4. The number of piperidine rings is 1. The molecule has 0 bridgehead atoms. The van der Waals surface area contributed by atoms with Crippen LogP contribution in [0.15, 0.2) is 34.9 Å². The Kier molecular flexibility index (Phi) is 5.68. The first-order chi connectivity index (χ1) is 13.6. The lowest BCUT2D eigenvalue weighted by atomic mass is 9.76. The van der Waals surface area contributed by atoms with Gasteiger partial charge in [0, 0.05) is 31.1 Å². The average molecular weight is 400 g/mol. The van der Waals surface area contributed by atoms with Crippen molar-refractivity contribution in [1.82, 2.24) is 10.1 Å². The van der Waals surface area contributed by atoms with E-state index in [1.54, 1.807) is 26.8 Å². The Morgan fingerprint density at radius 1 is 1.28 bits per heavy atom. The smallest absolute Gasteiger partial charge is 0.410 e. The van der Waals surface area contributed by atoms with Gasteiger partial charge in [-0.2, -0.15) is 0 Å². The van der Waals surface area contributed by atoms with Crippen LogP contribution in [-0.2, 0) is 16.0 Å². The summed E-state index contributed by atoms with van der Waals surface area (Å²) in [7, 11) is 0. The van der Waals surface area contributed by atoms with E-state index in [-0.39, 0.29) is 13.0 Å². The van der Waals surface area contributed by atoms with Gasteiger partial charge in [0.2, 0.25) is 0 Å². The lowest BCUT2D eigenvalue weighted by Gasteiger charge is -2.39. The molecule has 7 nitrogen and oxygen atoms in total. The van der Waals surface area contributed by atoms with Gasteiger partial charge in [0.1, 0.15) is 17.1 Å². The number of amides is 1. The van der Waals surface area contributed by atoms with Crippen molar-refractivity contribution in [1.29, 1.82) is 0 Å². The molecule has 156 valence electrons. The molecular formula is C22H28N2O5. The number of hydrogen-bond donors (Lipinski definition) is 1. The second-order valence-electron chi connectivity index (χ2n) is 8.81. The molecule has 1 aliphatic rings. The maximum atomic E-state index is 12.5. The van der Waals surface area contributed by atoms with Crippen molar-refractivity contribution in [2.45, 2.75) is 52.6 Å². The highest BCUT2D eigenvalue weighted by Crippen LogP contribution is 2.35. The third kappa shape index (κ3) is 4.96. The van der Waals surface area contributed by atoms with Crippen molar-refractivity contribution < 1.29 is 24.0 Å². The van der Waals surface area contributed by atoms with Crippen LogP contribution in [0.5, 0.6) is 0 Å². The van der Waals surface area contributed by atoms with Gasteiger partial charge < -0.3 is 19.3 Å². The molecule has 1 atom stereocenters. The fraction of sp³-hybridized carbons (Fsp3) is 0.500. The molecular weight excluding hydrogens is 372 g/mol. The number of rotatable bonds is 4. The van der Waals surface area contributed by atoms with E-state index >= 15 is 0 Å². The lowest BCUT2D eigenvalue weighted by Crippen LogP contribution is -2.52. The largest absolute Gasteiger partial charge is 0.481 e. The lowest BCUT2D eigenvalue weighted by molar-refractivity contribution is -0.152. The van der Waals surface area contributed by atoms with E-state index in [0.717, 1.165) is 11.1 Å². The number of hydrogen-bond acceptors (Lipinski definition) is 5. The molecule has 2 heterocycles. The molecule has 1 aromatic carbocycles. The number of aryl methyl sites for hydroxylation is 1. The topological polar surface area (TPSA) is 92.9 Å². The Balaban J connectivity index is 1.78. The van der Waals surface area contributed by atoms with Gasteiger partial charge in [-0.1, -0.05) is 35.0 Å². The van der Waals surface area contributed by atoms with Gasteiger partial charge >= 0.3 is 12.1 Å². The summed E-state index contributed by atoms with van der Waals surface area (Å²) in [6.45, 7) is 7.95. The summed E-state index contributed by atoms with van der Waals surface area (Å²) < 4.78 is 10.9. The number of likely N-dealkylation sites (tertiary alicyclic amines) is 1. The predicted molar refractivity (Wildman–Crippen MR) is 107 cm³/mol. The van der Waals surface area contributed by atoms with E-state index < -0.39 is 23.1 Å². The van der Waals surface area contributed by atoms with Crippen LogP contribution in [-0.4, -0.2) is 45.9 Å². The summed E-state index contributed by atoms with van der Waals surface area (Å²) in [6.07, 6.45) is 0.730. The van der Waals surface area contributed by atoms with Gasteiger partial charge in [0.05, 0.1) is 5.41 Å². The number of ether oxygens (including phenoxy) is 1. The number of aromatic nitrogens is 1. The zero-order valence-corrected chi connectivity index (χ0v) is 17.4. The summed E-state index contributed by atoms with van der Waals surface area (Å²) >= 11 is 0. The minimum atomic E-state index is -1.13. The molecule has 0 unspecified atom stereocenters. The van der Waals surface area contributed by atoms with Crippen LogP contribution in [0, 0.1) is 12.3 Å². The molecule has 0 radical (unpaired) electrons. The van der Waals surface area contributed by atoms with Crippen molar-refractivity contribution in [2.24, 2.45) is 5.41 Å². The fourth-order valence-corrected chi connectivity index (χ4v) is 3.60. The summed E-state index contributed by atoms with van der Waals surface area (Å²) in [5.74, 6) is -0.451. The van der Waals surface area contributed by atoms with Gasteiger partial charge in [-0.3, -0.25) is 4.79 Å². The minimum absolute atomic E-state index is 0.0812. The highest BCUT2D eigenvalue weighted by atomic mass is 16.6. The van der Waals surface area contributed by atoms with Crippen LogP contribution in [0.2, 0.25) is 0 Å². The monoisotopic (exact) mass is 400 g/mol. The maximum Gasteiger partial charge on any atom is 0.410 e. The molecule has 0 aliphatic carbocycles. The van der Waals surface area contributed by atoms with E-state index in [2.05, 4.69) is 5.16 Å². The van der Waals surface area contributed by atoms with Gasteiger partial charge in [-0.25, -0.2) is 4.79 Å². The van der Waals surface area contributed by atoms with Crippen LogP contribution in [0.3, 0.4) is 0 Å². The van der Waals surface area contributed by atoms with Gasteiger partial charge in [0.15, 0.2) is 0 Å². The molecule has 1 fully saturated rings. The Bertz CT molecular complexity index is 881. The SMILES string of the molecule is Cc1ccc(-c2cc(C[C@]3(C(=O)O)CCCN(C(=O)OC(C)(C)C)C3)on2)cc1. The summed E-state index contributed by atoms with van der Waals surface area (Å²) in [5.41, 5.74) is 0.967. The fourth-order valence-electron chi connectivity index (χ4n) is 3.60. The molecule has 0 saturated carbocycles. The Labute approximate surface area is 170 Å². The molecule has 1 aliphatic heterocycles. The Morgan fingerprint density at radius 2 is 1.97 bits per heavy atom. The first-order valence-corrected chi connectivity index (χ1v) is 9.82. The van der Waals surface area contributed by atoms with Gasteiger partial charge in [-0.05, 0) is 40.5 Å². The van der Waals surface area contributed by atoms with Crippen LogP contribution in [0.4, 0.5) is 4.79 Å². The number of benzene rings is 1. The minimum Gasteiger partial charge on any atom is -0.481 e. The quantitative estimate of drug-likeness (QED) is 0.823. The first-order valence-electron chi connectivity index (χ1n) is 9.82. The van der Waals surface area contributed by atoms with E-state index in [1.165, 1.54) is 4.90 Å². The van der Waals surface area contributed by atoms with Crippen molar-refractivity contribution >= 4 is 12.1 Å². The number of carbonyl (C=O) groups excluding carboxylic acids is 1. The Morgan fingerprint density at radius 3 is 2.59 bits per heavy atom. The molecule has 29 heavy (non-hydrogen) atoms. The van der Waals surface area contributed by atoms with Crippen molar-refractivity contribution in [3.63, 3.8) is 0 Å². The van der Waals surface area contributed by atoms with Crippen LogP contribution < -0.4 is 0 Å². The molecule has 7 heteroatoms. The highest BCUT2D eigenvalue weighted by Gasteiger charge is 2.45. The molecule has 1 N–H and O–H groups in total. The summed E-state index contributed by atoms with van der Waals surface area (Å²) in [5, 5.41) is 14.1. The van der Waals surface area contributed by atoms with E-state index in [4.69, 9.17) is 9.26 Å². The Hall–Kier alpha value is -2.83. The van der Waals surface area contributed by atoms with E-state index in [9.17, 15) is 14.7 Å². The molecule has 2 aromatic rings. The van der Waals surface area contributed by atoms with Crippen LogP contribution >= 0.6 is 0 Å². The number of nitrogens with zero attached hydrogens (tertiary/aromatic N) is 2. The predicted octanol–water partition coefficient (Wildman–Crippen LogP) is 4.29. The van der Waals surface area contributed by atoms with Crippen molar-refractivity contribution in [3.05, 3.63) is 41.7 Å². The zero-order chi connectivity index (χ0) is 21.2. The van der Waals surface area contributed by atoms with E-state index in [1.807, 2.05) is 31.2 Å². The summed E-state index contributed by atoms with van der Waals surface area (Å²) in [4.78, 5) is 26.2. The second kappa shape index (κ2) is 7.89. The molecule has 3 rings (SSSR count). The molecule has 1 amide bonds. The number of aliphatic carboxylic acids is 1. The normalized spacial score (nSPS) is 19.8. The maximum absolute atomic E-state index is 12.5. The van der Waals surface area contributed by atoms with Crippen molar-refractivity contribution in [3.8, 4) is 11.3 Å². The molecule has 0 spiro atoms. The average Bonchev–Trinajstić information content (AvgIpc) is 3.09. The standard InChI is InChI=1S/C22H28N2O5/c1-15-6-8-16(9-7-15)18-12-17(29-23-18)13-22(19(25)26)10-5-11-24(14-22)20(27)28-21(2,3)4/h6-9,12H,5,10-11,13-14H2,1-4H3,(H,25,26)/t22-/m1/s1. The third-order valence-corrected chi connectivity index (χ3v) is 5.10. The molecule has 1 aromatic heterocycles. The molecule has 1 saturated heterocycles. The number of carboxylic acid groups (broad SMARTS) is 1. The van der Waals surface area contributed by atoms with Gasteiger partial charge in [-0.15, -0.1) is 0 Å². The number of carboxylic acids is 1. The van der Waals surface area contributed by atoms with Crippen molar-refractivity contribution in [2.75, 3.05) is 13.1 Å². The third-order valence-electron chi connectivity index (χ3n) is 5.10. The van der Waals surface area contributed by atoms with Crippen LogP contribution in [0.25, 0.3) is 11.3 Å². The highest BCUT2D eigenvalue weighted by molar-refractivity contribution is 5.77. The first kappa shape index (κ1) is 20.9. The van der Waals surface area contributed by atoms with E-state index in [0.29, 0.717) is 30.8 Å². The number of carbonyl (C=O) groups is 2. The van der Waals surface area contributed by atoms with Gasteiger partial charge in [0.25, 0.3) is 0 Å². The van der Waals surface area contributed by atoms with Crippen LogP contribution in [0.1, 0.15) is 44.9 Å². The second-order valence-corrected chi connectivity index (χ2v) is 8.81.